The molecule has 1 atom stereocenters. The van der Waals surface area contributed by atoms with E-state index >= 15 is 0 Å². The SMILES string of the molecule is Cc1ccc(C(NC(=O)CCCC(=O)NC(C)C)C(=O)O)cc1C. The molecule has 1 aromatic carbocycles. The molecule has 0 saturated heterocycles. The molecule has 1 aromatic rings. The fourth-order valence-corrected chi connectivity index (χ4v) is 2.27. The predicted molar refractivity (Wildman–Crippen MR) is 91.6 cm³/mol. The molecule has 1 rings (SSSR count). The molecule has 3 N–H and O–H groups in total. The van der Waals surface area contributed by atoms with Gasteiger partial charge < -0.3 is 15.7 Å². The van der Waals surface area contributed by atoms with Gasteiger partial charge in [0.15, 0.2) is 6.04 Å². The van der Waals surface area contributed by atoms with Gasteiger partial charge in [-0.05, 0) is 50.8 Å². The van der Waals surface area contributed by atoms with Crippen LogP contribution in [0.1, 0.15) is 55.8 Å². The molecular weight excluding hydrogens is 308 g/mol. The van der Waals surface area contributed by atoms with Crippen molar-refractivity contribution in [1.29, 1.82) is 0 Å². The second-order valence-corrected chi connectivity index (χ2v) is 6.26. The second-order valence-electron chi connectivity index (χ2n) is 6.26. The van der Waals surface area contributed by atoms with E-state index < -0.39 is 12.0 Å². The van der Waals surface area contributed by atoms with Crippen LogP contribution in [0.15, 0.2) is 18.2 Å². The number of hydrogen-bond acceptors (Lipinski definition) is 3. The summed E-state index contributed by atoms with van der Waals surface area (Å²) in [7, 11) is 0. The number of amides is 2. The molecule has 24 heavy (non-hydrogen) atoms. The van der Waals surface area contributed by atoms with Crippen molar-refractivity contribution >= 4 is 17.8 Å². The van der Waals surface area contributed by atoms with Crippen LogP contribution in [0.3, 0.4) is 0 Å². The molecule has 0 radical (unpaired) electrons. The number of hydrogen-bond donors (Lipinski definition) is 3. The number of carboxylic acids is 1. The van der Waals surface area contributed by atoms with Gasteiger partial charge in [-0.1, -0.05) is 18.2 Å². The van der Waals surface area contributed by atoms with Crippen molar-refractivity contribution in [1.82, 2.24) is 10.6 Å². The smallest absolute Gasteiger partial charge is 0.330 e. The van der Waals surface area contributed by atoms with Crippen LogP contribution in [-0.4, -0.2) is 28.9 Å². The quantitative estimate of drug-likeness (QED) is 0.679. The van der Waals surface area contributed by atoms with Crippen molar-refractivity contribution in [2.75, 3.05) is 0 Å². The van der Waals surface area contributed by atoms with E-state index in [0.29, 0.717) is 12.0 Å². The van der Waals surface area contributed by atoms with Crippen molar-refractivity contribution in [2.24, 2.45) is 0 Å². The number of aryl methyl sites for hydroxylation is 2. The fraction of sp³-hybridized carbons (Fsp3) is 0.500. The van der Waals surface area contributed by atoms with E-state index in [-0.39, 0.29) is 30.7 Å². The molecule has 0 bridgehead atoms. The average molecular weight is 334 g/mol. The molecule has 0 aliphatic heterocycles. The first-order chi connectivity index (χ1) is 11.2. The largest absolute Gasteiger partial charge is 0.479 e. The Morgan fingerprint density at radius 3 is 2.08 bits per heavy atom. The molecule has 1 unspecified atom stereocenters. The van der Waals surface area contributed by atoms with Gasteiger partial charge in [0, 0.05) is 18.9 Å². The van der Waals surface area contributed by atoms with E-state index in [1.807, 2.05) is 33.8 Å². The van der Waals surface area contributed by atoms with Gasteiger partial charge in [-0.15, -0.1) is 0 Å². The van der Waals surface area contributed by atoms with Crippen molar-refractivity contribution in [3.8, 4) is 0 Å². The van der Waals surface area contributed by atoms with E-state index in [4.69, 9.17) is 0 Å². The highest BCUT2D eigenvalue weighted by Crippen LogP contribution is 2.18. The molecule has 6 nitrogen and oxygen atoms in total. The Morgan fingerprint density at radius 2 is 1.58 bits per heavy atom. The molecule has 0 aliphatic rings. The summed E-state index contributed by atoms with van der Waals surface area (Å²) in [6, 6.07) is 4.29. The Balaban J connectivity index is 2.59. The fourth-order valence-electron chi connectivity index (χ4n) is 2.27. The van der Waals surface area contributed by atoms with Gasteiger partial charge in [0.05, 0.1) is 0 Å². The van der Waals surface area contributed by atoms with Crippen molar-refractivity contribution in [2.45, 2.75) is 59.0 Å². The molecule has 0 aromatic heterocycles. The molecule has 2 amide bonds. The second kappa shape index (κ2) is 9.05. The van der Waals surface area contributed by atoms with Crippen LogP contribution in [0, 0.1) is 13.8 Å². The van der Waals surface area contributed by atoms with Gasteiger partial charge in [0.2, 0.25) is 11.8 Å². The van der Waals surface area contributed by atoms with E-state index in [0.717, 1.165) is 11.1 Å². The lowest BCUT2D eigenvalue weighted by Gasteiger charge is -2.16. The Bertz CT molecular complexity index is 611. The van der Waals surface area contributed by atoms with Gasteiger partial charge in [-0.2, -0.15) is 0 Å². The first kappa shape index (κ1) is 19.7. The number of carboxylic acid groups (broad SMARTS) is 1. The minimum atomic E-state index is -1.11. The van der Waals surface area contributed by atoms with E-state index in [1.165, 1.54) is 0 Å². The summed E-state index contributed by atoms with van der Waals surface area (Å²) < 4.78 is 0. The maximum atomic E-state index is 12.0. The van der Waals surface area contributed by atoms with Crippen molar-refractivity contribution in [3.63, 3.8) is 0 Å². The summed E-state index contributed by atoms with van der Waals surface area (Å²) in [5.41, 5.74) is 2.57. The number of carbonyl (C=O) groups is 3. The van der Waals surface area contributed by atoms with E-state index in [1.54, 1.807) is 12.1 Å². The highest BCUT2D eigenvalue weighted by atomic mass is 16.4. The predicted octanol–water partition coefficient (Wildman–Crippen LogP) is 2.24. The molecule has 132 valence electrons. The third-order valence-electron chi connectivity index (χ3n) is 3.67. The minimum Gasteiger partial charge on any atom is -0.479 e. The Hall–Kier alpha value is -2.37. The van der Waals surface area contributed by atoms with Gasteiger partial charge in [-0.3, -0.25) is 9.59 Å². The van der Waals surface area contributed by atoms with Crippen LogP contribution < -0.4 is 10.6 Å². The third-order valence-corrected chi connectivity index (χ3v) is 3.67. The highest BCUT2D eigenvalue weighted by Gasteiger charge is 2.22. The van der Waals surface area contributed by atoms with Gasteiger partial charge in [0.25, 0.3) is 0 Å². The minimum absolute atomic E-state index is 0.0625. The molecule has 0 fully saturated rings. The van der Waals surface area contributed by atoms with Gasteiger partial charge in [-0.25, -0.2) is 4.79 Å². The molecule has 0 saturated carbocycles. The summed E-state index contributed by atoms with van der Waals surface area (Å²) in [6.45, 7) is 7.57. The third kappa shape index (κ3) is 6.40. The first-order valence-electron chi connectivity index (χ1n) is 8.09. The lowest BCUT2D eigenvalue weighted by molar-refractivity contribution is -0.142. The van der Waals surface area contributed by atoms with Crippen LogP contribution in [0.2, 0.25) is 0 Å². The number of nitrogens with one attached hydrogen (secondary N) is 2. The normalized spacial score (nSPS) is 11.9. The molecule has 0 heterocycles. The summed E-state index contributed by atoms with van der Waals surface area (Å²) in [5, 5.41) is 14.6. The van der Waals surface area contributed by atoms with Crippen LogP contribution in [0.5, 0.6) is 0 Å². The monoisotopic (exact) mass is 334 g/mol. The summed E-state index contributed by atoms with van der Waals surface area (Å²) in [5.74, 6) is -1.59. The average Bonchev–Trinajstić information content (AvgIpc) is 2.46. The summed E-state index contributed by atoms with van der Waals surface area (Å²) in [6.07, 6.45) is 0.733. The Kier molecular flexibility index (Phi) is 7.42. The number of rotatable bonds is 8. The number of benzene rings is 1. The summed E-state index contributed by atoms with van der Waals surface area (Å²) >= 11 is 0. The zero-order valence-corrected chi connectivity index (χ0v) is 14.7. The lowest BCUT2D eigenvalue weighted by Crippen LogP contribution is -2.34. The van der Waals surface area contributed by atoms with Crippen molar-refractivity contribution in [3.05, 3.63) is 34.9 Å². The lowest BCUT2D eigenvalue weighted by atomic mass is 10.0. The van der Waals surface area contributed by atoms with Crippen molar-refractivity contribution < 1.29 is 19.5 Å². The van der Waals surface area contributed by atoms with Crippen LogP contribution in [0.4, 0.5) is 0 Å². The summed E-state index contributed by atoms with van der Waals surface area (Å²) in [4.78, 5) is 35.0. The molecule has 6 heteroatoms. The van der Waals surface area contributed by atoms with Gasteiger partial charge >= 0.3 is 5.97 Å². The van der Waals surface area contributed by atoms with Gasteiger partial charge in [0.1, 0.15) is 0 Å². The molecule has 0 spiro atoms. The zero-order valence-electron chi connectivity index (χ0n) is 14.7. The highest BCUT2D eigenvalue weighted by molar-refractivity contribution is 5.85. The molecule has 0 aliphatic carbocycles. The standard InChI is InChI=1S/C18H26N2O4/c1-11(2)19-15(21)6-5-7-16(22)20-17(18(23)24)14-9-8-12(3)13(4)10-14/h8-11,17H,5-7H2,1-4H3,(H,19,21)(H,20,22)(H,23,24). The maximum Gasteiger partial charge on any atom is 0.330 e. The van der Waals surface area contributed by atoms with Crippen LogP contribution >= 0.6 is 0 Å². The molecular formula is C18H26N2O4. The van der Waals surface area contributed by atoms with Crippen LogP contribution in [0.25, 0.3) is 0 Å². The Labute approximate surface area is 142 Å². The zero-order chi connectivity index (χ0) is 18.3. The maximum absolute atomic E-state index is 12.0. The number of carbonyl (C=O) groups excluding carboxylic acids is 2. The topological polar surface area (TPSA) is 95.5 Å². The van der Waals surface area contributed by atoms with Crippen LogP contribution in [-0.2, 0) is 14.4 Å². The van der Waals surface area contributed by atoms with E-state index in [2.05, 4.69) is 10.6 Å². The number of aliphatic carboxylic acids is 1. The first-order valence-corrected chi connectivity index (χ1v) is 8.09. The Morgan fingerprint density at radius 1 is 1.00 bits per heavy atom. The van der Waals surface area contributed by atoms with E-state index in [9.17, 15) is 19.5 Å².